The molecule has 8 heteroatoms. The first-order chi connectivity index (χ1) is 15.9. The van der Waals surface area contributed by atoms with Crippen LogP contribution in [0.3, 0.4) is 0 Å². The maximum absolute atomic E-state index is 14.0. The molecule has 1 aliphatic heterocycles. The van der Waals surface area contributed by atoms with E-state index in [1.807, 2.05) is 0 Å². The zero-order valence-electron chi connectivity index (χ0n) is 18.9. The van der Waals surface area contributed by atoms with Crippen molar-refractivity contribution in [3.8, 4) is 0 Å². The standard InChI is InChI=1S/C25H28Cl2FN5/c1-17-15-18(33-13-11-32(2)12-14-33)9-10-23(17)30-25-29-16-21(27)24(31-25)8-3-5-19-20(26)6-4-7-22(19)28/h4,6-7,9-10,15-16H,3,5,8,11-14H2,1-2H3,(H,29,30,31). The zero-order chi connectivity index (χ0) is 23.4. The van der Waals surface area contributed by atoms with Crippen LogP contribution in [-0.4, -0.2) is 48.1 Å². The molecule has 1 saturated heterocycles. The number of aryl methyl sites for hydroxylation is 2. The minimum atomic E-state index is -0.283. The topological polar surface area (TPSA) is 44.3 Å². The highest BCUT2D eigenvalue weighted by atomic mass is 35.5. The molecular formula is C25H28Cl2FN5. The lowest BCUT2D eigenvalue weighted by molar-refractivity contribution is 0.313. The number of halogens is 3. The fourth-order valence-corrected chi connectivity index (χ4v) is 4.45. The maximum Gasteiger partial charge on any atom is 0.227 e. The molecule has 174 valence electrons. The number of rotatable bonds is 7. The number of hydrogen-bond acceptors (Lipinski definition) is 5. The van der Waals surface area contributed by atoms with Gasteiger partial charge >= 0.3 is 0 Å². The van der Waals surface area contributed by atoms with Gasteiger partial charge in [0.05, 0.1) is 16.9 Å². The lowest BCUT2D eigenvalue weighted by Crippen LogP contribution is -2.44. The van der Waals surface area contributed by atoms with E-state index in [0.29, 0.717) is 40.8 Å². The van der Waals surface area contributed by atoms with Crippen LogP contribution in [0, 0.1) is 12.7 Å². The third kappa shape index (κ3) is 5.94. The van der Waals surface area contributed by atoms with Crippen molar-refractivity contribution in [1.29, 1.82) is 0 Å². The van der Waals surface area contributed by atoms with Gasteiger partial charge in [0.15, 0.2) is 0 Å². The summed E-state index contributed by atoms with van der Waals surface area (Å²) >= 11 is 12.5. The number of piperazine rings is 1. The van der Waals surface area contributed by atoms with Crippen LogP contribution in [0.5, 0.6) is 0 Å². The second kappa shape index (κ2) is 10.7. The molecule has 5 nitrogen and oxygen atoms in total. The zero-order valence-corrected chi connectivity index (χ0v) is 20.4. The van der Waals surface area contributed by atoms with E-state index in [-0.39, 0.29) is 5.82 Å². The van der Waals surface area contributed by atoms with E-state index in [9.17, 15) is 4.39 Å². The molecule has 0 aliphatic carbocycles. The molecule has 0 spiro atoms. The van der Waals surface area contributed by atoms with Gasteiger partial charge in [0.1, 0.15) is 5.82 Å². The van der Waals surface area contributed by atoms with Crippen molar-refractivity contribution in [1.82, 2.24) is 14.9 Å². The Bertz CT molecular complexity index is 1100. The minimum absolute atomic E-state index is 0.283. The van der Waals surface area contributed by atoms with Gasteiger partial charge in [0.2, 0.25) is 5.95 Å². The highest BCUT2D eigenvalue weighted by Gasteiger charge is 2.15. The third-order valence-corrected chi connectivity index (χ3v) is 6.71. The number of aromatic nitrogens is 2. The molecule has 1 aliphatic rings. The third-order valence-electron chi connectivity index (χ3n) is 6.04. The SMILES string of the molecule is Cc1cc(N2CCN(C)CC2)ccc1Nc1ncc(Cl)c(CCCc2c(F)cccc2Cl)n1. The number of nitrogens with zero attached hydrogens (tertiary/aromatic N) is 4. The van der Waals surface area contributed by atoms with E-state index in [1.54, 1.807) is 18.3 Å². The molecule has 1 fully saturated rings. The average Bonchev–Trinajstić information content (AvgIpc) is 2.79. The van der Waals surface area contributed by atoms with Crippen molar-refractivity contribution in [3.05, 3.63) is 75.3 Å². The van der Waals surface area contributed by atoms with Gasteiger partial charge in [-0.3, -0.25) is 0 Å². The molecule has 4 rings (SSSR count). The monoisotopic (exact) mass is 487 g/mol. The molecule has 2 aromatic carbocycles. The van der Waals surface area contributed by atoms with Crippen molar-refractivity contribution in [3.63, 3.8) is 0 Å². The molecule has 2 heterocycles. The summed E-state index contributed by atoms with van der Waals surface area (Å²) in [5.41, 5.74) is 4.57. The first-order valence-corrected chi connectivity index (χ1v) is 11.9. The quantitative estimate of drug-likeness (QED) is 0.449. The van der Waals surface area contributed by atoms with Crippen LogP contribution in [-0.2, 0) is 12.8 Å². The molecule has 3 aromatic rings. The van der Waals surface area contributed by atoms with Gasteiger partial charge in [0.25, 0.3) is 0 Å². The van der Waals surface area contributed by atoms with Crippen LogP contribution in [0.15, 0.2) is 42.6 Å². The van der Waals surface area contributed by atoms with Crippen LogP contribution in [0.1, 0.15) is 23.2 Å². The van der Waals surface area contributed by atoms with Crippen molar-refractivity contribution in [2.45, 2.75) is 26.2 Å². The molecule has 1 N–H and O–H groups in total. The first-order valence-electron chi connectivity index (χ1n) is 11.2. The molecular weight excluding hydrogens is 460 g/mol. The predicted molar refractivity (Wildman–Crippen MR) is 135 cm³/mol. The first kappa shape index (κ1) is 23.7. The number of anilines is 3. The largest absolute Gasteiger partial charge is 0.369 e. The molecule has 0 atom stereocenters. The summed E-state index contributed by atoms with van der Waals surface area (Å²) in [6.07, 6.45) is 3.40. The van der Waals surface area contributed by atoms with E-state index in [0.717, 1.165) is 43.1 Å². The van der Waals surface area contributed by atoms with Crippen molar-refractivity contribution >= 4 is 40.5 Å². The Morgan fingerprint density at radius 1 is 1.03 bits per heavy atom. The summed E-state index contributed by atoms with van der Waals surface area (Å²) in [5.74, 6) is 0.211. The molecule has 0 bridgehead atoms. The minimum Gasteiger partial charge on any atom is -0.369 e. The maximum atomic E-state index is 14.0. The number of benzene rings is 2. The average molecular weight is 488 g/mol. The Morgan fingerprint density at radius 2 is 1.82 bits per heavy atom. The summed E-state index contributed by atoms with van der Waals surface area (Å²) in [7, 11) is 2.16. The predicted octanol–water partition coefficient (Wildman–Crippen LogP) is 5.90. The van der Waals surface area contributed by atoms with Gasteiger partial charge < -0.3 is 15.1 Å². The fourth-order valence-electron chi connectivity index (χ4n) is 4.01. The van der Waals surface area contributed by atoms with Gasteiger partial charge in [-0.25, -0.2) is 14.4 Å². The molecule has 0 radical (unpaired) electrons. The molecule has 0 amide bonds. The van der Waals surface area contributed by atoms with Crippen LogP contribution in [0.2, 0.25) is 10.0 Å². The van der Waals surface area contributed by atoms with Crippen molar-refractivity contribution in [2.75, 3.05) is 43.4 Å². The van der Waals surface area contributed by atoms with Crippen molar-refractivity contribution < 1.29 is 4.39 Å². The lowest BCUT2D eigenvalue weighted by atomic mass is 10.1. The summed E-state index contributed by atoms with van der Waals surface area (Å²) in [4.78, 5) is 13.7. The molecule has 0 saturated carbocycles. The Hall–Kier alpha value is -2.41. The van der Waals surface area contributed by atoms with Gasteiger partial charge in [-0.2, -0.15) is 0 Å². The Kier molecular flexibility index (Phi) is 7.68. The van der Waals surface area contributed by atoms with E-state index >= 15 is 0 Å². The second-order valence-electron chi connectivity index (χ2n) is 8.46. The summed E-state index contributed by atoms with van der Waals surface area (Å²) < 4.78 is 14.0. The second-order valence-corrected chi connectivity index (χ2v) is 9.27. The van der Waals surface area contributed by atoms with Gasteiger partial charge in [-0.05, 0) is 69.1 Å². The molecule has 0 unspecified atom stereocenters. The van der Waals surface area contributed by atoms with Gasteiger partial charge in [-0.1, -0.05) is 29.3 Å². The Balaban J connectivity index is 1.41. The van der Waals surface area contributed by atoms with Gasteiger partial charge in [-0.15, -0.1) is 0 Å². The van der Waals surface area contributed by atoms with E-state index in [1.165, 1.54) is 11.8 Å². The molecule has 1 aromatic heterocycles. The normalized spacial score (nSPS) is 14.5. The Labute approximate surface area is 204 Å². The van der Waals surface area contributed by atoms with Crippen LogP contribution < -0.4 is 10.2 Å². The summed E-state index contributed by atoms with van der Waals surface area (Å²) in [5, 5.41) is 4.26. The summed E-state index contributed by atoms with van der Waals surface area (Å²) in [6.45, 7) is 6.29. The van der Waals surface area contributed by atoms with E-state index in [2.05, 4.69) is 57.3 Å². The lowest BCUT2D eigenvalue weighted by Gasteiger charge is -2.34. The number of likely N-dealkylation sites (N-methyl/N-ethyl adjacent to an activating group) is 1. The molecule has 33 heavy (non-hydrogen) atoms. The highest BCUT2D eigenvalue weighted by molar-refractivity contribution is 6.31. The Morgan fingerprint density at radius 3 is 2.55 bits per heavy atom. The van der Waals surface area contributed by atoms with Crippen LogP contribution in [0.4, 0.5) is 21.7 Å². The highest BCUT2D eigenvalue weighted by Crippen LogP contribution is 2.27. The van der Waals surface area contributed by atoms with E-state index in [4.69, 9.17) is 23.2 Å². The number of hydrogen-bond donors (Lipinski definition) is 1. The van der Waals surface area contributed by atoms with Crippen molar-refractivity contribution in [2.24, 2.45) is 0 Å². The van der Waals surface area contributed by atoms with Crippen LogP contribution >= 0.6 is 23.2 Å². The fraction of sp³-hybridized carbons (Fsp3) is 0.360. The smallest absolute Gasteiger partial charge is 0.227 e. The number of nitrogens with one attached hydrogen (secondary N) is 1. The van der Waals surface area contributed by atoms with Crippen LogP contribution in [0.25, 0.3) is 0 Å². The summed E-state index contributed by atoms with van der Waals surface area (Å²) in [6, 6.07) is 11.1. The van der Waals surface area contributed by atoms with Gasteiger partial charge in [0, 0.05) is 48.1 Å². The van der Waals surface area contributed by atoms with E-state index < -0.39 is 0 Å².